The van der Waals surface area contributed by atoms with Gasteiger partial charge >= 0.3 is 11.9 Å². The van der Waals surface area contributed by atoms with Gasteiger partial charge in [0.05, 0.1) is 6.61 Å². The molecule has 2 aliphatic heterocycles. The summed E-state index contributed by atoms with van der Waals surface area (Å²) in [6.07, 6.45) is 3.90. The molecular weight excluding hydrogens is 612 g/mol. The van der Waals surface area contributed by atoms with Gasteiger partial charge in [-0.1, -0.05) is 67.5 Å². The molecule has 0 radical (unpaired) electrons. The molecule has 2 N–H and O–H groups in total. The number of piperidine rings is 2. The Bertz CT molecular complexity index is 1260. The van der Waals surface area contributed by atoms with Crippen LogP contribution in [0.15, 0.2) is 12.1 Å². The van der Waals surface area contributed by atoms with Gasteiger partial charge in [-0.05, 0) is 144 Å². The summed E-state index contributed by atoms with van der Waals surface area (Å²) in [5.74, 6) is 0.164. The van der Waals surface area contributed by atoms with Gasteiger partial charge in [-0.3, -0.25) is 19.4 Å². The number of benzene rings is 1. The Kier molecular flexibility index (Phi) is 12.2. The third kappa shape index (κ3) is 8.68. The van der Waals surface area contributed by atoms with Crippen molar-refractivity contribution < 1.29 is 24.5 Å². The molecule has 280 valence electrons. The second kappa shape index (κ2) is 14.5. The molecule has 7 nitrogen and oxygen atoms in total. The lowest BCUT2D eigenvalue weighted by Crippen LogP contribution is -2.64. The molecule has 2 saturated heterocycles. The first-order chi connectivity index (χ1) is 22.2. The minimum Gasteiger partial charge on any atom is -0.507 e. The van der Waals surface area contributed by atoms with Gasteiger partial charge < -0.3 is 14.9 Å². The molecule has 2 heterocycles. The second-order valence-corrected chi connectivity index (χ2v) is 19.5. The molecule has 0 aliphatic carbocycles. The SMILES string of the molecule is CC1C(C)N(C)C(C)(C)CC1C(CCCOC(=O)CC(=O)O)(Cc1cc(C(C)(C)C)c(O)c(C(C)(C)C)c1)C1CC(C)(C)N(C)C(C)C1C. The van der Waals surface area contributed by atoms with Crippen LogP contribution < -0.4 is 0 Å². The van der Waals surface area contributed by atoms with Crippen LogP contribution in [0, 0.1) is 29.1 Å². The number of ether oxygens (including phenoxy) is 1. The summed E-state index contributed by atoms with van der Waals surface area (Å²) in [7, 11) is 4.55. The van der Waals surface area contributed by atoms with Crippen LogP contribution in [0.25, 0.3) is 0 Å². The van der Waals surface area contributed by atoms with Crippen molar-refractivity contribution in [2.75, 3.05) is 20.7 Å². The van der Waals surface area contributed by atoms with Crippen LogP contribution in [-0.4, -0.2) is 75.8 Å². The van der Waals surface area contributed by atoms with Gasteiger partial charge in [-0.25, -0.2) is 0 Å². The molecule has 6 unspecified atom stereocenters. The van der Waals surface area contributed by atoms with Gasteiger partial charge in [0.2, 0.25) is 0 Å². The third-order valence-corrected chi connectivity index (χ3v) is 13.5. The first-order valence-electron chi connectivity index (χ1n) is 18.9. The molecule has 0 aromatic heterocycles. The fraction of sp³-hybridized carbons (Fsp3) is 0.810. The van der Waals surface area contributed by atoms with Crippen molar-refractivity contribution >= 4 is 11.9 Å². The van der Waals surface area contributed by atoms with Crippen LogP contribution in [0.5, 0.6) is 5.75 Å². The predicted octanol–water partition coefficient (Wildman–Crippen LogP) is 8.82. The number of nitrogens with zero attached hydrogens (tertiary/aromatic N) is 2. The van der Waals surface area contributed by atoms with Crippen LogP contribution in [0.2, 0.25) is 0 Å². The van der Waals surface area contributed by atoms with E-state index in [-0.39, 0.29) is 33.9 Å². The quantitative estimate of drug-likeness (QED) is 0.145. The Morgan fingerprint density at radius 2 is 1.22 bits per heavy atom. The molecule has 0 spiro atoms. The van der Waals surface area contributed by atoms with Crippen LogP contribution >= 0.6 is 0 Å². The standard InChI is InChI=1S/C42H72N2O5/c1-26-28(3)43(15)40(11,12)24-33(26)42(18-17-19-49-36(47)22-35(45)46,34-25-41(13,14)44(16)29(4)27(34)2)23-30-20-31(38(5,6)7)37(48)32(21-30)39(8,9)10/h20-21,26-29,33-34,48H,17-19,22-25H2,1-16H3,(H,45,46). The highest BCUT2D eigenvalue weighted by atomic mass is 16.5. The number of carbonyl (C=O) groups is 2. The van der Waals surface area contributed by atoms with E-state index in [0.29, 0.717) is 47.9 Å². The van der Waals surface area contributed by atoms with Gasteiger partial charge in [0, 0.05) is 23.2 Å². The third-order valence-electron chi connectivity index (χ3n) is 13.5. The van der Waals surface area contributed by atoms with E-state index in [1.807, 2.05) is 0 Å². The monoisotopic (exact) mass is 685 g/mol. The van der Waals surface area contributed by atoms with Gasteiger partial charge in [0.15, 0.2) is 0 Å². The van der Waals surface area contributed by atoms with Gasteiger partial charge in [0.1, 0.15) is 12.2 Å². The number of hydrogen-bond acceptors (Lipinski definition) is 6. The van der Waals surface area contributed by atoms with E-state index in [1.165, 1.54) is 5.56 Å². The van der Waals surface area contributed by atoms with Gasteiger partial charge in [0.25, 0.3) is 0 Å². The molecule has 1 aromatic carbocycles. The van der Waals surface area contributed by atoms with E-state index in [1.54, 1.807) is 0 Å². The van der Waals surface area contributed by atoms with E-state index >= 15 is 0 Å². The van der Waals surface area contributed by atoms with Crippen LogP contribution in [0.1, 0.15) is 146 Å². The Morgan fingerprint density at radius 3 is 1.59 bits per heavy atom. The summed E-state index contributed by atoms with van der Waals surface area (Å²) >= 11 is 0. The van der Waals surface area contributed by atoms with E-state index < -0.39 is 18.4 Å². The summed E-state index contributed by atoms with van der Waals surface area (Å²) in [4.78, 5) is 28.7. The molecule has 0 saturated carbocycles. The molecule has 0 amide bonds. The average Bonchev–Trinajstić information content (AvgIpc) is 2.96. The van der Waals surface area contributed by atoms with E-state index in [0.717, 1.165) is 36.8 Å². The molecule has 49 heavy (non-hydrogen) atoms. The van der Waals surface area contributed by atoms with E-state index in [4.69, 9.17) is 4.74 Å². The summed E-state index contributed by atoms with van der Waals surface area (Å²) in [5.41, 5.74) is 2.60. The number of phenols is 1. The zero-order chi connectivity index (χ0) is 37.7. The zero-order valence-corrected chi connectivity index (χ0v) is 34.1. The minimum absolute atomic E-state index is 0.00623. The highest BCUT2D eigenvalue weighted by molar-refractivity contribution is 5.90. The second-order valence-electron chi connectivity index (χ2n) is 19.5. The highest BCUT2D eigenvalue weighted by Crippen LogP contribution is 2.59. The summed E-state index contributed by atoms with van der Waals surface area (Å²) in [6.45, 7) is 32.6. The summed E-state index contributed by atoms with van der Waals surface area (Å²) in [5, 5.41) is 20.9. The topological polar surface area (TPSA) is 90.3 Å². The van der Waals surface area contributed by atoms with Crippen molar-refractivity contribution in [1.82, 2.24) is 9.80 Å². The number of esters is 1. The molecule has 6 atom stereocenters. The maximum Gasteiger partial charge on any atom is 0.317 e. The zero-order valence-electron chi connectivity index (χ0n) is 34.1. The van der Waals surface area contributed by atoms with Crippen molar-refractivity contribution in [2.45, 2.75) is 169 Å². The fourth-order valence-electron chi connectivity index (χ4n) is 9.75. The summed E-state index contributed by atoms with van der Waals surface area (Å²) in [6, 6.07) is 5.33. The average molecular weight is 685 g/mol. The maximum absolute atomic E-state index is 12.4. The number of carboxylic acid groups (broad SMARTS) is 1. The van der Waals surface area contributed by atoms with Crippen LogP contribution in [-0.2, 0) is 31.6 Å². The minimum atomic E-state index is -1.16. The predicted molar refractivity (Wildman–Crippen MR) is 201 cm³/mol. The van der Waals surface area contributed by atoms with Crippen LogP contribution in [0.4, 0.5) is 0 Å². The fourth-order valence-corrected chi connectivity index (χ4v) is 9.75. The van der Waals surface area contributed by atoms with Crippen molar-refractivity contribution in [3.63, 3.8) is 0 Å². The number of likely N-dealkylation sites (tertiary alicyclic amines) is 2. The number of carbonyl (C=O) groups excluding carboxylic acids is 1. The van der Waals surface area contributed by atoms with E-state index in [9.17, 15) is 19.8 Å². The number of phenolic OH excluding ortho intramolecular Hbond substituents is 1. The molecule has 3 rings (SSSR count). The maximum atomic E-state index is 12.4. The van der Waals surface area contributed by atoms with Gasteiger partial charge in [-0.15, -0.1) is 0 Å². The highest BCUT2D eigenvalue weighted by Gasteiger charge is 2.57. The number of rotatable bonds is 10. The van der Waals surface area contributed by atoms with Crippen molar-refractivity contribution in [3.8, 4) is 5.75 Å². The van der Waals surface area contributed by atoms with E-state index in [2.05, 4.69) is 133 Å². The number of carboxylic acids is 1. The Hall–Kier alpha value is -2.12. The summed E-state index contributed by atoms with van der Waals surface area (Å²) < 4.78 is 5.56. The lowest BCUT2D eigenvalue weighted by Gasteiger charge is -2.63. The lowest BCUT2D eigenvalue weighted by molar-refractivity contribution is -0.152. The largest absolute Gasteiger partial charge is 0.507 e. The van der Waals surface area contributed by atoms with Crippen molar-refractivity contribution in [3.05, 3.63) is 28.8 Å². The number of hydrogen-bond donors (Lipinski definition) is 2. The Morgan fingerprint density at radius 1 is 0.816 bits per heavy atom. The Labute approximate surface area is 299 Å². The first kappa shape index (κ1) is 41.3. The number of aliphatic carboxylic acids is 1. The molecule has 2 fully saturated rings. The van der Waals surface area contributed by atoms with Crippen molar-refractivity contribution in [2.24, 2.45) is 29.1 Å². The first-order valence-corrected chi connectivity index (χ1v) is 18.9. The molecule has 1 aromatic rings. The van der Waals surface area contributed by atoms with Crippen LogP contribution in [0.3, 0.4) is 0 Å². The normalized spacial score (nSPS) is 29.3. The lowest BCUT2D eigenvalue weighted by atomic mass is 9.48. The smallest absolute Gasteiger partial charge is 0.317 e. The van der Waals surface area contributed by atoms with Crippen molar-refractivity contribution in [1.29, 1.82) is 0 Å². The van der Waals surface area contributed by atoms with Gasteiger partial charge in [-0.2, -0.15) is 0 Å². The molecule has 7 heteroatoms. The Balaban J connectivity index is 2.35. The molecule has 0 bridgehead atoms. The number of aromatic hydroxyl groups is 1. The molecular formula is C42H72N2O5. The molecule has 2 aliphatic rings.